The number of carbonyl (C=O) groups excluding carboxylic acids is 4. The summed E-state index contributed by atoms with van der Waals surface area (Å²) in [6, 6.07) is 0. The Morgan fingerprint density at radius 1 is 0.241 bits per heavy atom. The summed E-state index contributed by atoms with van der Waals surface area (Å²) in [6.45, 7) is 8.20. The Balaban J connectivity index is -0.000000344. The van der Waals surface area contributed by atoms with Crippen molar-refractivity contribution in [2.24, 2.45) is 0 Å². The molecule has 0 bridgehead atoms. The molecule has 0 amide bonds. The molecule has 4 N–H and O–H groups in total. The fraction of sp³-hybridized carbons (Fsp3) is 0.875. The van der Waals surface area contributed by atoms with Gasteiger partial charge in [0.2, 0.25) is 0 Å². The minimum absolute atomic E-state index is 0.0413. The van der Waals surface area contributed by atoms with Crippen molar-refractivity contribution in [2.75, 3.05) is 185 Å². The van der Waals surface area contributed by atoms with Crippen LogP contribution in [0.25, 0.3) is 0 Å². The number of aliphatic hydroxyl groups is 4. The third-order valence-corrected chi connectivity index (χ3v) is 5.38. The summed E-state index contributed by atoms with van der Waals surface area (Å²) in [5, 5.41) is 33.2. The minimum Gasteiger partial charge on any atom is -0.451 e. The molecule has 26 heteroatoms. The monoisotopic (exact) mass is 936 g/mol. The lowest BCUT2D eigenvalue weighted by Crippen LogP contribution is -2.13. The molecule has 58 heavy (non-hydrogen) atoms. The molecule has 0 atom stereocenters. The summed E-state index contributed by atoms with van der Waals surface area (Å²) in [5.41, 5.74) is -3.42. The van der Waals surface area contributed by atoms with E-state index in [9.17, 15) is 19.2 Å². The first-order chi connectivity index (χ1) is 28.1. The van der Waals surface area contributed by atoms with Crippen LogP contribution in [0, 0.1) is 0 Å². The third-order valence-electron chi connectivity index (χ3n) is 4.95. The van der Waals surface area contributed by atoms with E-state index in [0.717, 1.165) is 0 Å². The molecule has 0 spiro atoms. The van der Waals surface area contributed by atoms with Gasteiger partial charge in [-0.1, -0.05) is 0 Å². The summed E-state index contributed by atoms with van der Waals surface area (Å²) >= 11 is 19.7. The maximum atomic E-state index is 10.2. The molecular formula is C32H60Cl4O22. The smallest absolute Gasteiger partial charge is 0.403 e. The van der Waals surface area contributed by atoms with Crippen molar-refractivity contribution in [2.45, 2.75) is 0 Å². The molecule has 0 unspecified atom stereocenters. The van der Waals surface area contributed by atoms with Crippen LogP contribution < -0.4 is 0 Å². The fourth-order valence-corrected chi connectivity index (χ4v) is 3.02. The van der Waals surface area contributed by atoms with Crippen LogP contribution in [0.5, 0.6) is 0 Å². The number of halogens is 4. The lowest BCUT2D eigenvalue weighted by atomic mass is 10.7. The largest absolute Gasteiger partial charge is 0.451 e. The maximum Gasteiger partial charge on any atom is 0.403 e. The second-order valence-electron chi connectivity index (χ2n) is 9.36. The highest BCUT2D eigenvalue weighted by atomic mass is 35.5. The van der Waals surface area contributed by atoms with E-state index in [1.54, 1.807) is 0 Å². The Bertz CT molecular complexity index is 792. The first-order valence-corrected chi connectivity index (χ1v) is 19.1. The zero-order valence-electron chi connectivity index (χ0n) is 32.4. The van der Waals surface area contributed by atoms with Crippen LogP contribution in [0.1, 0.15) is 0 Å². The minimum atomic E-state index is -0.859. The van der Waals surface area contributed by atoms with Crippen molar-refractivity contribution in [1.29, 1.82) is 0 Å². The molecule has 0 aliphatic heterocycles. The second-order valence-corrected chi connectivity index (χ2v) is 10.6. The number of hydrogen-bond acceptors (Lipinski definition) is 22. The van der Waals surface area contributed by atoms with Gasteiger partial charge < -0.3 is 86.7 Å². The molecule has 22 nitrogen and oxygen atoms in total. The Hall–Kier alpha value is -1.52. The van der Waals surface area contributed by atoms with Gasteiger partial charge in [-0.15, -0.1) is 0 Å². The number of ether oxygens (including phenoxy) is 14. The van der Waals surface area contributed by atoms with Crippen LogP contribution >= 0.6 is 46.4 Å². The van der Waals surface area contributed by atoms with Gasteiger partial charge in [0.1, 0.15) is 26.4 Å². The van der Waals surface area contributed by atoms with Gasteiger partial charge >= 0.3 is 21.7 Å². The van der Waals surface area contributed by atoms with Crippen LogP contribution in [-0.2, 0) is 66.3 Å². The van der Waals surface area contributed by atoms with Crippen molar-refractivity contribution in [3.8, 4) is 0 Å². The van der Waals surface area contributed by atoms with Crippen LogP contribution in [0.4, 0.5) is 19.2 Å². The van der Waals surface area contributed by atoms with Crippen LogP contribution in [-0.4, -0.2) is 227 Å². The molecule has 0 aliphatic carbocycles. The number of hydrogen-bond donors (Lipinski definition) is 4. The summed E-state index contributed by atoms with van der Waals surface area (Å²) in [4.78, 5) is 40.6. The predicted molar refractivity (Wildman–Crippen MR) is 205 cm³/mol. The van der Waals surface area contributed by atoms with E-state index < -0.39 is 21.7 Å². The standard InChI is InChI=1S/C10H16Cl2O7.C8H12Cl2O6.C8H18O5.C6H14O4/c11-9(13)18-7-5-16-3-1-15-2-4-17-6-8-19-10(12)14;9-7(11)15-5-3-13-1-2-14-4-6-16-8(10)12;9-1-3-11-5-7-13-8-6-12-4-2-10;7-1-3-9-5-6-10-4-2-8/h1-8H2;1-6H2;9-10H,1-8H2;7-8H,1-6H2. The zero-order valence-corrected chi connectivity index (χ0v) is 35.5. The summed E-state index contributed by atoms with van der Waals surface area (Å²) in [5.74, 6) is 0. The molecule has 0 heterocycles. The van der Waals surface area contributed by atoms with E-state index in [-0.39, 0.29) is 79.3 Å². The molecule has 0 aromatic carbocycles. The molecule has 0 saturated carbocycles. The highest BCUT2D eigenvalue weighted by molar-refractivity contribution is 6.61. The molecule has 0 saturated heterocycles. The second kappa shape index (κ2) is 59.8. The van der Waals surface area contributed by atoms with Crippen molar-refractivity contribution < 1.29 is 106 Å². The average Bonchev–Trinajstić information content (AvgIpc) is 3.18. The van der Waals surface area contributed by atoms with Crippen LogP contribution in [0.3, 0.4) is 0 Å². The normalized spacial score (nSPS) is 10.2. The van der Waals surface area contributed by atoms with Gasteiger partial charge in [-0.25, -0.2) is 19.2 Å². The van der Waals surface area contributed by atoms with Gasteiger partial charge in [0, 0.05) is 46.4 Å². The first kappa shape index (κ1) is 63.1. The molecule has 0 radical (unpaired) electrons. The topological polar surface area (TPSA) is 278 Å². The number of rotatable bonds is 38. The van der Waals surface area contributed by atoms with Gasteiger partial charge in [-0.2, -0.15) is 0 Å². The highest BCUT2D eigenvalue weighted by Crippen LogP contribution is 1.90. The third kappa shape index (κ3) is 78.8. The van der Waals surface area contributed by atoms with Crippen molar-refractivity contribution >= 4 is 68.1 Å². The SMILES string of the molecule is O=C(Cl)OCCOCCOCCOC(=O)Cl.O=C(Cl)OCCOCCOCCOCCOC(=O)Cl.OCCOCCOCCO.OCCOCCOCCOCCO. The van der Waals surface area contributed by atoms with Gasteiger partial charge in [0.05, 0.1) is 159 Å². The molecule has 348 valence electrons. The molecule has 0 aliphatic rings. The van der Waals surface area contributed by atoms with E-state index in [1.165, 1.54) is 0 Å². The van der Waals surface area contributed by atoms with E-state index >= 15 is 0 Å². The van der Waals surface area contributed by atoms with Crippen molar-refractivity contribution in [3.05, 3.63) is 0 Å². The van der Waals surface area contributed by atoms with E-state index in [0.29, 0.717) is 106 Å². The molecular weight excluding hydrogens is 878 g/mol. The lowest BCUT2D eigenvalue weighted by molar-refractivity contribution is 0.00133. The molecule has 0 aromatic heterocycles. The van der Waals surface area contributed by atoms with Crippen molar-refractivity contribution in [1.82, 2.24) is 0 Å². The average molecular weight is 939 g/mol. The van der Waals surface area contributed by atoms with E-state index in [4.69, 9.17) is 114 Å². The quantitative estimate of drug-likeness (QED) is 0.0389. The van der Waals surface area contributed by atoms with E-state index in [1.807, 2.05) is 0 Å². The maximum absolute atomic E-state index is 10.2. The Morgan fingerprint density at radius 3 is 0.483 bits per heavy atom. The summed E-state index contributed by atoms with van der Waals surface area (Å²) in [6.07, 6.45) is 0. The Labute approximate surface area is 358 Å². The molecule has 0 aromatic rings. The number of aliphatic hydroxyl groups excluding tert-OH is 4. The van der Waals surface area contributed by atoms with Gasteiger partial charge in [0.15, 0.2) is 0 Å². The Morgan fingerprint density at radius 2 is 0.362 bits per heavy atom. The Kier molecular flexibility index (Phi) is 65.1. The fourth-order valence-electron chi connectivity index (χ4n) is 2.71. The zero-order chi connectivity index (χ0) is 44.0. The van der Waals surface area contributed by atoms with E-state index in [2.05, 4.69) is 18.9 Å². The first-order valence-electron chi connectivity index (χ1n) is 17.6. The highest BCUT2D eigenvalue weighted by Gasteiger charge is 1.99. The van der Waals surface area contributed by atoms with Crippen LogP contribution in [0.2, 0.25) is 0 Å². The van der Waals surface area contributed by atoms with Gasteiger partial charge in [-0.3, -0.25) is 0 Å². The molecule has 0 rings (SSSR count). The summed E-state index contributed by atoms with van der Waals surface area (Å²) < 4.78 is 67.8. The van der Waals surface area contributed by atoms with Crippen LogP contribution in [0.15, 0.2) is 0 Å². The van der Waals surface area contributed by atoms with Gasteiger partial charge in [0.25, 0.3) is 0 Å². The lowest BCUT2D eigenvalue weighted by Gasteiger charge is -2.06. The number of carbonyl (C=O) groups is 4. The molecule has 0 fully saturated rings. The predicted octanol–water partition coefficient (Wildman–Crippen LogP) is 1.58. The van der Waals surface area contributed by atoms with Gasteiger partial charge in [-0.05, 0) is 0 Å². The van der Waals surface area contributed by atoms with Crippen molar-refractivity contribution in [3.63, 3.8) is 0 Å². The summed E-state index contributed by atoms with van der Waals surface area (Å²) in [7, 11) is 0.